The van der Waals surface area contributed by atoms with Crippen LogP contribution >= 0.6 is 0 Å². The summed E-state index contributed by atoms with van der Waals surface area (Å²) in [6.45, 7) is 4.66. The van der Waals surface area contributed by atoms with Crippen molar-refractivity contribution in [2.45, 2.75) is 27.0 Å². The Labute approximate surface area is 192 Å². The van der Waals surface area contributed by atoms with Crippen LogP contribution in [0.4, 0.5) is 11.5 Å². The number of carbonyl (C=O) groups excluding carboxylic acids is 1. The SMILES string of the molecule is Cc1noc(C)c1COc1ccc(C(=O)Nc2ccnn2Cc2ccc(N(C)C)cc2)cc1. The van der Waals surface area contributed by atoms with E-state index in [2.05, 4.69) is 44.7 Å². The summed E-state index contributed by atoms with van der Waals surface area (Å²) in [4.78, 5) is 14.8. The minimum absolute atomic E-state index is 0.211. The topological polar surface area (TPSA) is 85.4 Å². The van der Waals surface area contributed by atoms with Crippen molar-refractivity contribution >= 4 is 17.4 Å². The van der Waals surface area contributed by atoms with Crippen LogP contribution in [0.1, 0.15) is 32.9 Å². The summed E-state index contributed by atoms with van der Waals surface area (Å²) >= 11 is 0. The van der Waals surface area contributed by atoms with Crippen molar-refractivity contribution in [3.8, 4) is 5.75 Å². The van der Waals surface area contributed by atoms with Gasteiger partial charge in [0.05, 0.1) is 24.0 Å². The highest BCUT2D eigenvalue weighted by atomic mass is 16.5. The molecule has 0 spiro atoms. The fraction of sp³-hybridized carbons (Fsp3) is 0.240. The largest absolute Gasteiger partial charge is 0.489 e. The van der Waals surface area contributed by atoms with Crippen molar-refractivity contribution in [2.24, 2.45) is 0 Å². The lowest BCUT2D eigenvalue weighted by Gasteiger charge is -2.13. The van der Waals surface area contributed by atoms with Crippen molar-refractivity contribution in [2.75, 3.05) is 24.3 Å². The number of rotatable bonds is 8. The van der Waals surface area contributed by atoms with E-state index in [-0.39, 0.29) is 5.91 Å². The highest BCUT2D eigenvalue weighted by Gasteiger charge is 2.12. The Bertz CT molecular complexity index is 1200. The summed E-state index contributed by atoms with van der Waals surface area (Å²) in [5.74, 6) is 1.83. The quantitative estimate of drug-likeness (QED) is 0.432. The molecule has 1 amide bonds. The molecule has 1 N–H and O–H groups in total. The second-order valence-corrected chi connectivity index (χ2v) is 8.00. The number of ether oxygens (including phenoxy) is 1. The maximum absolute atomic E-state index is 12.8. The number of carbonyl (C=O) groups is 1. The fourth-order valence-electron chi connectivity index (χ4n) is 3.39. The average Bonchev–Trinajstić information content (AvgIpc) is 3.38. The molecule has 8 heteroatoms. The molecule has 2 aromatic carbocycles. The van der Waals surface area contributed by atoms with E-state index in [0.717, 1.165) is 28.3 Å². The number of aryl methyl sites for hydroxylation is 2. The zero-order chi connectivity index (χ0) is 23.4. The first-order valence-electron chi connectivity index (χ1n) is 10.6. The van der Waals surface area contributed by atoms with Gasteiger partial charge in [-0.3, -0.25) is 4.79 Å². The highest BCUT2D eigenvalue weighted by molar-refractivity contribution is 6.03. The van der Waals surface area contributed by atoms with Gasteiger partial charge >= 0.3 is 0 Å². The van der Waals surface area contributed by atoms with E-state index in [4.69, 9.17) is 9.26 Å². The Kier molecular flexibility index (Phi) is 6.44. The second-order valence-electron chi connectivity index (χ2n) is 8.00. The van der Waals surface area contributed by atoms with E-state index < -0.39 is 0 Å². The van der Waals surface area contributed by atoms with Gasteiger partial charge in [0.15, 0.2) is 0 Å². The van der Waals surface area contributed by atoms with Crippen LogP contribution in [0.15, 0.2) is 65.3 Å². The summed E-state index contributed by atoms with van der Waals surface area (Å²) in [5, 5.41) is 11.2. The Morgan fingerprint density at radius 3 is 2.42 bits per heavy atom. The molecule has 170 valence electrons. The first kappa shape index (κ1) is 22.1. The minimum atomic E-state index is -0.211. The van der Waals surface area contributed by atoms with E-state index in [1.165, 1.54) is 0 Å². The average molecular weight is 446 g/mol. The smallest absolute Gasteiger partial charge is 0.256 e. The molecule has 0 unspecified atom stereocenters. The molecule has 0 saturated heterocycles. The van der Waals surface area contributed by atoms with Crippen molar-refractivity contribution in [1.82, 2.24) is 14.9 Å². The minimum Gasteiger partial charge on any atom is -0.489 e. The van der Waals surface area contributed by atoms with Crippen LogP contribution in [0.5, 0.6) is 5.75 Å². The van der Waals surface area contributed by atoms with E-state index in [9.17, 15) is 4.79 Å². The van der Waals surface area contributed by atoms with Gasteiger partial charge in [-0.05, 0) is 55.8 Å². The summed E-state index contributed by atoms with van der Waals surface area (Å²) in [6, 6.07) is 17.0. The summed E-state index contributed by atoms with van der Waals surface area (Å²) < 4.78 is 12.7. The van der Waals surface area contributed by atoms with Crippen LogP contribution in [0.2, 0.25) is 0 Å². The van der Waals surface area contributed by atoms with E-state index >= 15 is 0 Å². The highest BCUT2D eigenvalue weighted by Crippen LogP contribution is 2.19. The predicted molar refractivity (Wildman–Crippen MR) is 127 cm³/mol. The van der Waals surface area contributed by atoms with Crippen molar-refractivity contribution in [3.05, 3.63) is 88.9 Å². The van der Waals surface area contributed by atoms with Crippen LogP contribution in [-0.4, -0.2) is 34.9 Å². The maximum Gasteiger partial charge on any atom is 0.256 e. The van der Waals surface area contributed by atoms with Gasteiger partial charge in [0.1, 0.15) is 23.9 Å². The van der Waals surface area contributed by atoms with E-state index in [1.54, 1.807) is 41.2 Å². The monoisotopic (exact) mass is 445 g/mol. The maximum atomic E-state index is 12.8. The molecular weight excluding hydrogens is 418 g/mol. The van der Waals surface area contributed by atoms with Gasteiger partial charge in [-0.25, -0.2) is 4.68 Å². The van der Waals surface area contributed by atoms with Crippen LogP contribution in [0.25, 0.3) is 0 Å². The number of nitrogens with one attached hydrogen (secondary N) is 1. The molecule has 0 radical (unpaired) electrons. The summed E-state index contributed by atoms with van der Waals surface area (Å²) in [5.41, 5.74) is 4.50. The molecule has 0 aliphatic heterocycles. The van der Waals surface area contributed by atoms with E-state index in [1.807, 2.05) is 27.9 Å². The fourth-order valence-corrected chi connectivity index (χ4v) is 3.39. The molecule has 4 rings (SSSR count). The number of anilines is 2. The third-order valence-corrected chi connectivity index (χ3v) is 5.42. The molecule has 0 aliphatic rings. The van der Waals surface area contributed by atoms with Gasteiger partial charge in [0, 0.05) is 31.4 Å². The molecular formula is C25H27N5O3. The van der Waals surface area contributed by atoms with Crippen molar-refractivity contribution in [3.63, 3.8) is 0 Å². The first-order chi connectivity index (χ1) is 15.9. The number of nitrogens with zero attached hydrogens (tertiary/aromatic N) is 4. The zero-order valence-corrected chi connectivity index (χ0v) is 19.2. The number of aromatic nitrogens is 3. The lowest BCUT2D eigenvalue weighted by molar-refractivity contribution is 0.102. The van der Waals surface area contributed by atoms with Gasteiger partial charge < -0.3 is 19.5 Å². The van der Waals surface area contributed by atoms with Crippen LogP contribution < -0.4 is 15.0 Å². The first-order valence-corrected chi connectivity index (χ1v) is 10.6. The normalized spacial score (nSPS) is 10.8. The van der Waals surface area contributed by atoms with Crippen LogP contribution in [0.3, 0.4) is 0 Å². The zero-order valence-electron chi connectivity index (χ0n) is 19.2. The number of hydrogen-bond acceptors (Lipinski definition) is 6. The predicted octanol–water partition coefficient (Wildman–Crippen LogP) is 4.43. The standard InChI is InChI=1S/C25H27N5O3/c1-17-23(18(2)33-28-17)16-32-22-11-7-20(8-12-22)25(31)27-24-13-14-26-30(24)15-19-5-9-21(10-6-19)29(3)4/h5-14H,15-16H2,1-4H3,(H,27,31). The Morgan fingerprint density at radius 2 is 1.79 bits per heavy atom. The Morgan fingerprint density at radius 1 is 1.06 bits per heavy atom. The van der Waals surface area contributed by atoms with Crippen LogP contribution in [0, 0.1) is 13.8 Å². The molecule has 0 saturated carbocycles. The third-order valence-electron chi connectivity index (χ3n) is 5.42. The number of hydrogen-bond donors (Lipinski definition) is 1. The van der Waals surface area contributed by atoms with E-state index in [0.29, 0.717) is 30.3 Å². The van der Waals surface area contributed by atoms with Gasteiger partial charge in [0.25, 0.3) is 5.91 Å². The summed E-state index contributed by atoms with van der Waals surface area (Å²) in [7, 11) is 4.02. The van der Waals surface area contributed by atoms with Crippen molar-refractivity contribution < 1.29 is 14.1 Å². The molecule has 2 heterocycles. The van der Waals surface area contributed by atoms with Gasteiger partial charge in [-0.1, -0.05) is 17.3 Å². The molecule has 4 aromatic rings. The molecule has 0 atom stereocenters. The van der Waals surface area contributed by atoms with Gasteiger partial charge in [-0.15, -0.1) is 0 Å². The van der Waals surface area contributed by atoms with Crippen molar-refractivity contribution in [1.29, 1.82) is 0 Å². The summed E-state index contributed by atoms with van der Waals surface area (Å²) in [6.07, 6.45) is 1.68. The molecule has 0 aliphatic carbocycles. The Balaban J connectivity index is 1.37. The lowest BCUT2D eigenvalue weighted by Crippen LogP contribution is -2.16. The molecule has 33 heavy (non-hydrogen) atoms. The lowest BCUT2D eigenvalue weighted by atomic mass is 10.2. The van der Waals surface area contributed by atoms with Gasteiger partial charge in [-0.2, -0.15) is 5.10 Å². The number of benzene rings is 2. The molecule has 0 fully saturated rings. The molecule has 8 nitrogen and oxygen atoms in total. The second kappa shape index (κ2) is 9.60. The number of amides is 1. The molecule has 2 aromatic heterocycles. The van der Waals surface area contributed by atoms with Gasteiger partial charge in [0.2, 0.25) is 0 Å². The molecule has 0 bridgehead atoms. The third kappa shape index (κ3) is 5.23. The Hall–Kier alpha value is -4.07. The van der Waals surface area contributed by atoms with Crippen LogP contribution in [-0.2, 0) is 13.2 Å².